The number of hydrogen-bond donors (Lipinski definition) is 0. The van der Waals surface area contributed by atoms with Gasteiger partial charge in [0.05, 0.1) is 0 Å². The Morgan fingerprint density at radius 1 is 0.895 bits per heavy atom. The van der Waals surface area contributed by atoms with E-state index in [1.165, 1.54) is 67.6 Å². The third-order valence-corrected chi connectivity index (χ3v) is 4.36. The molecule has 0 nitrogen and oxygen atoms in total. The second kappa shape index (κ2) is 11.2. The second-order valence-corrected chi connectivity index (χ2v) is 6.51. The van der Waals surface area contributed by atoms with Crippen molar-refractivity contribution >= 4 is 11.8 Å². The summed E-state index contributed by atoms with van der Waals surface area (Å²) in [6, 6.07) is 10.7. The molecule has 0 aliphatic rings. The number of allylic oxidation sites excluding steroid dienone is 1. The Kier molecular flexibility index (Phi) is 9.61. The van der Waals surface area contributed by atoms with Crippen LogP contribution in [0.15, 0.2) is 47.4 Å². The van der Waals surface area contributed by atoms with E-state index in [9.17, 15) is 0 Å². The number of benzene rings is 1. The van der Waals surface area contributed by atoms with E-state index in [0.717, 1.165) is 0 Å². The van der Waals surface area contributed by atoms with Gasteiger partial charge in [-0.25, -0.2) is 0 Å². The van der Waals surface area contributed by atoms with Gasteiger partial charge < -0.3 is 0 Å². The van der Waals surface area contributed by atoms with E-state index in [4.69, 9.17) is 0 Å². The van der Waals surface area contributed by atoms with Gasteiger partial charge in [0, 0.05) is 4.90 Å². The molecule has 0 radical (unpaired) electrons. The molecule has 106 valence electrons. The Morgan fingerprint density at radius 2 is 1.47 bits per heavy atom. The van der Waals surface area contributed by atoms with Crippen LogP contribution in [0.4, 0.5) is 0 Å². The maximum atomic E-state index is 3.95. The highest BCUT2D eigenvalue weighted by molar-refractivity contribution is 7.99. The Balaban J connectivity index is 1.83. The minimum Gasteiger partial charge on any atom is -0.126 e. The fourth-order valence-electron chi connectivity index (χ4n) is 2.12. The molecule has 1 aromatic rings. The topological polar surface area (TPSA) is 0 Å². The summed E-state index contributed by atoms with van der Waals surface area (Å²) in [5.41, 5.74) is 1.33. The molecule has 0 aromatic heterocycles. The van der Waals surface area contributed by atoms with Gasteiger partial charge in [-0.15, -0.1) is 18.3 Å². The lowest BCUT2D eigenvalue weighted by Crippen LogP contribution is -1.84. The van der Waals surface area contributed by atoms with Gasteiger partial charge in [0.15, 0.2) is 0 Å². The van der Waals surface area contributed by atoms with Crippen LogP contribution < -0.4 is 0 Å². The highest BCUT2D eigenvalue weighted by Gasteiger charge is 1.94. The summed E-state index contributed by atoms with van der Waals surface area (Å²) in [5.74, 6) is 1.26. The first-order valence-electron chi connectivity index (χ1n) is 7.61. The summed E-state index contributed by atoms with van der Waals surface area (Å²) in [7, 11) is 0. The lowest BCUT2D eigenvalue weighted by Gasteiger charge is -2.03. The summed E-state index contributed by atoms with van der Waals surface area (Å²) >= 11 is 1.99. The predicted molar refractivity (Wildman–Crippen MR) is 88.9 cm³/mol. The lowest BCUT2D eigenvalue weighted by atomic mass is 10.1. The van der Waals surface area contributed by atoms with Gasteiger partial charge in [-0.05, 0) is 44.1 Å². The fourth-order valence-corrected chi connectivity index (χ4v) is 3.05. The Bertz CT molecular complexity index is 329. The molecule has 0 aliphatic carbocycles. The van der Waals surface area contributed by atoms with Crippen LogP contribution in [0.3, 0.4) is 0 Å². The molecule has 0 N–H and O–H groups in total. The minimum atomic E-state index is 1.22. The van der Waals surface area contributed by atoms with Crippen LogP contribution in [0.25, 0.3) is 0 Å². The predicted octanol–water partition coefficient (Wildman–Crippen LogP) is 6.48. The van der Waals surface area contributed by atoms with Crippen molar-refractivity contribution in [2.24, 2.45) is 0 Å². The van der Waals surface area contributed by atoms with Crippen molar-refractivity contribution in [3.63, 3.8) is 0 Å². The molecule has 0 aliphatic heterocycles. The number of hydrogen-bond acceptors (Lipinski definition) is 1. The third kappa shape index (κ3) is 9.84. The number of rotatable bonds is 11. The monoisotopic (exact) mass is 276 g/mol. The molecule has 0 bridgehead atoms. The zero-order chi connectivity index (χ0) is 13.8. The minimum absolute atomic E-state index is 1.22. The van der Waals surface area contributed by atoms with Crippen molar-refractivity contribution in [2.75, 3.05) is 5.75 Å². The molecule has 0 spiro atoms. The quantitative estimate of drug-likeness (QED) is 0.253. The maximum Gasteiger partial charge on any atom is 0.00719 e. The molecule has 19 heavy (non-hydrogen) atoms. The van der Waals surface area contributed by atoms with Crippen LogP contribution in [0.2, 0.25) is 0 Å². The Hall–Kier alpha value is -0.690. The van der Waals surface area contributed by atoms with Crippen LogP contribution in [0.5, 0.6) is 0 Å². The molecule has 0 atom stereocenters. The van der Waals surface area contributed by atoms with Gasteiger partial charge in [-0.1, -0.05) is 55.9 Å². The van der Waals surface area contributed by atoms with Crippen molar-refractivity contribution in [2.45, 2.75) is 63.2 Å². The average molecular weight is 276 g/mol. The maximum absolute atomic E-state index is 3.95. The lowest BCUT2D eigenvalue weighted by molar-refractivity contribution is 0.590. The van der Waals surface area contributed by atoms with Gasteiger partial charge in [0.25, 0.3) is 0 Å². The van der Waals surface area contributed by atoms with E-state index >= 15 is 0 Å². The molecule has 1 aromatic carbocycles. The van der Waals surface area contributed by atoms with E-state index < -0.39 is 0 Å². The SMILES string of the molecule is C=C(C)CCCCCCCCCSc1ccccc1. The summed E-state index contributed by atoms with van der Waals surface area (Å²) in [4.78, 5) is 1.40. The standard InChI is InChI=1S/C18H28S/c1-17(2)13-9-6-4-3-5-7-12-16-19-18-14-10-8-11-15-18/h8,10-11,14-15H,1,3-7,9,12-13,16H2,2H3. The Morgan fingerprint density at radius 3 is 2.11 bits per heavy atom. The van der Waals surface area contributed by atoms with Crippen LogP contribution in [-0.4, -0.2) is 5.75 Å². The van der Waals surface area contributed by atoms with Gasteiger partial charge in [-0.2, -0.15) is 0 Å². The average Bonchev–Trinajstić information content (AvgIpc) is 2.42. The van der Waals surface area contributed by atoms with Gasteiger partial charge >= 0.3 is 0 Å². The molecule has 0 heterocycles. The number of unbranched alkanes of at least 4 members (excludes halogenated alkanes) is 6. The number of thioether (sulfide) groups is 1. The molecule has 0 saturated carbocycles. The third-order valence-electron chi connectivity index (χ3n) is 3.26. The van der Waals surface area contributed by atoms with Crippen LogP contribution in [-0.2, 0) is 0 Å². The summed E-state index contributed by atoms with van der Waals surface area (Å²) < 4.78 is 0. The second-order valence-electron chi connectivity index (χ2n) is 5.34. The van der Waals surface area contributed by atoms with E-state index in [2.05, 4.69) is 43.8 Å². The van der Waals surface area contributed by atoms with E-state index in [1.807, 2.05) is 11.8 Å². The summed E-state index contributed by atoms with van der Waals surface area (Å²) in [5, 5.41) is 0. The summed E-state index contributed by atoms with van der Waals surface area (Å²) in [6.07, 6.45) is 10.9. The molecule has 1 rings (SSSR count). The van der Waals surface area contributed by atoms with Gasteiger partial charge in [0.1, 0.15) is 0 Å². The van der Waals surface area contributed by atoms with Crippen molar-refractivity contribution < 1.29 is 0 Å². The first-order chi connectivity index (χ1) is 9.29. The molecular weight excluding hydrogens is 248 g/mol. The Labute approximate surface area is 123 Å². The normalized spacial score (nSPS) is 10.6. The molecule has 0 fully saturated rings. The van der Waals surface area contributed by atoms with Crippen molar-refractivity contribution in [3.8, 4) is 0 Å². The van der Waals surface area contributed by atoms with Crippen LogP contribution in [0.1, 0.15) is 58.3 Å². The highest BCUT2D eigenvalue weighted by atomic mass is 32.2. The van der Waals surface area contributed by atoms with E-state index in [1.54, 1.807) is 0 Å². The molecule has 0 amide bonds. The molecule has 0 saturated heterocycles. The van der Waals surface area contributed by atoms with Crippen LogP contribution >= 0.6 is 11.8 Å². The first kappa shape index (κ1) is 16.4. The van der Waals surface area contributed by atoms with Crippen molar-refractivity contribution in [1.29, 1.82) is 0 Å². The molecule has 0 unspecified atom stereocenters. The van der Waals surface area contributed by atoms with E-state index in [-0.39, 0.29) is 0 Å². The summed E-state index contributed by atoms with van der Waals surface area (Å²) in [6.45, 7) is 6.07. The zero-order valence-corrected chi connectivity index (χ0v) is 13.2. The van der Waals surface area contributed by atoms with Crippen LogP contribution in [0, 0.1) is 0 Å². The first-order valence-corrected chi connectivity index (χ1v) is 8.60. The van der Waals surface area contributed by atoms with E-state index in [0.29, 0.717) is 0 Å². The molecule has 1 heteroatoms. The van der Waals surface area contributed by atoms with Gasteiger partial charge in [-0.3, -0.25) is 0 Å². The fraction of sp³-hybridized carbons (Fsp3) is 0.556. The largest absolute Gasteiger partial charge is 0.126 e. The van der Waals surface area contributed by atoms with Gasteiger partial charge in [0.2, 0.25) is 0 Å². The molecular formula is C18H28S. The van der Waals surface area contributed by atoms with Crippen molar-refractivity contribution in [3.05, 3.63) is 42.5 Å². The van der Waals surface area contributed by atoms with Crippen molar-refractivity contribution in [1.82, 2.24) is 0 Å². The smallest absolute Gasteiger partial charge is 0.00719 e. The zero-order valence-electron chi connectivity index (χ0n) is 12.4. The highest BCUT2D eigenvalue weighted by Crippen LogP contribution is 2.19.